The first-order valence-electron chi connectivity index (χ1n) is 5.00. The van der Waals surface area contributed by atoms with Crippen LogP contribution in [-0.4, -0.2) is 31.7 Å². The summed E-state index contributed by atoms with van der Waals surface area (Å²) in [6.07, 6.45) is -4.02. The average molecular weight is 224 g/mol. The van der Waals surface area contributed by atoms with Crippen LogP contribution in [0.4, 0.5) is 13.2 Å². The maximum Gasteiger partial charge on any atom is 0.404 e. The number of halogens is 3. The average Bonchev–Trinajstić information content (AvgIpc) is 2.62. The molecule has 1 atom stereocenters. The van der Waals surface area contributed by atoms with Crippen molar-refractivity contribution in [1.29, 1.82) is 0 Å². The fourth-order valence-corrected chi connectivity index (χ4v) is 1.66. The first-order valence-corrected chi connectivity index (χ1v) is 5.00. The fourth-order valence-electron chi connectivity index (χ4n) is 1.66. The van der Waals surface area contributed by atoms with Gasteiger partial charge in [-0.15, -0.1) is 0 Å². The van der Waals surface area contributed by atoms with Crippen molar-refractivity contribution in [1.82, 2.24) is 10.6 Å². The van der Waals surface area contributed by atoms with Crippen molar-refractivity contribution in [2.24, 2.45) is 5.41 Å². The molecule has 0 aromatic rings. The lowest BCUT2D eigenvalue weighted by Gasteiger charge is -2.29. The number of nitrogens with one attached hydrogen (secondary N) is 2. The SMILES string of the molecule is CCCNC(=O)C1(C(F)(F)F)CCNC1. The van der Waals surface area contributed by atoms with E-state index in [1.165, 1.54) is 0 Å². The first kappa shape index (κ1) is 12.3. The lowest BCUT2D eigenvalue weighted by atomic mass is 9.85. The van der Waals surface area contributed by atoms with Crippen LogP contribution >= 0.6 is 0 Å². The summed E-state index contributed by atoms with van der Waals surface area (Å²) in [6.45, 7) is 2.01. The summed E-state index contributed by atoms with van der Waals surface area (Å²) in [5, 5.41) is 4.92. The molecule has 6 heteroatoms. The molecule has 3 nitrogen and oxygen atoms in total. The molecule has 1 aliphatic heterocycles. The zero-order valence-electron chi connectivity index (χ0n) is 8.58. The predicted octanol–water partition coefficient (Wildman–Crippen LogP) is 1.05. The van der Waals surface area contributed by atoms with Crippen molar-refractivity contribution in [2.75, 3.05) is 19.6 Å². The Hall–Kier alpha value is -0.780. The van der Waals surface area contributed by atoms with Gasteiger partial charge in [0.05, 0.1) is 0 Å². The summed E-state index contributed by atoms with van der Waals surface area (Å²) in [6, 6.07) is 0. The molecule has 0 saturated carbocycles. The topological polar surface area (TPSA) is 41.1 Å². The van der Waals surface area contributed by atoms with E-state index in [9.17, 15) is 18.0 Å². The molecule has 0 radical (unpaired) electrons. The van der Waals surface area contributed by atoms with Crippen molar-refractivity contribution >= 4 is 5.91 Å². The van der Waals surface area contributed by atoms with Crippen molar-refractivity contribution in [2.45, 2.75) is 25.9 Å². The smallest absolute Gasteiger partial charge is 0.355 e. The number of hydrogen-bond acceptors (Lipinski definition) is 2. The second-order valence-corrected chi connectivity index (χ2v) is 3.76. The highest BCUT2D eigenvalue weighted by molar-refractivity contribution is 5.84. The van der Waals surface area contributed by atoms with Crippen molar-refractivity contribution in [3.05, 3.63) is 0 Å². The Morgan fingerprint density at radius 2 is 2.20 bits per heavy atom. The van der Waals surface area contributed by atoms with E-state index in [1.54, 1.807) is 6.92 Å². The largest absolute Gasteiger partial charge is 0.404 e. The van der Waals surface area contributed by atoms with Gasteiger partial charge >= 0.3 is 6.18 Å². The van der Waals surface area contributed by atoms with Crippen LogP contribution < -0.4 is 10.6 Å². The monoisotopic (exact) mass is 224 g/mol. The lowest BCUT2D eigenvalue weighted by molar-refractivity contribution is -0.216. The highest BCUT2D eigenvalue weighted by atomic mass is 19.4. The molecule has 2 N–H and O–H groups in total. The molecule has 0 aromatic carbocycles. The molecule has 0 aromatic heterocycles. The first-order chi connectivity index (χ1) is 6.94. The number of alkyl halides is 3. The van der Waals surface area contributed by atoms with E-state index >= 15 is 0 Å². The molecule has 1 saturated heterocycles. The van der Waals surface area contributed by atoms with E-state index in [1.807, 2.05) is 0 Å². The second kappa shape index (κ2) is 4.38. The van der Waals surface area contributed by atoms with Gasteiger partial charge in [0.25, 0.3) is 0 Å². The number of rotatable bonds is 3. The van der Waals surface area contributed by atoms with Crippen LogP contribution in [0.5, 0.6) is 0 Å². The normalized spacial score (nSPS) is 26.7. The van der Waals surface area contributed by atoms with E-state index in [0.717, 1.165) is 0 Å². The van der Waals surface area contributed by atoms with E-state index in [0.29, 0.717) is 6.42 Å². The number of hydrogen-bond donors (Lipinski definition) is 2. The molecule has 0 aliphatic carbocycles. The van der Waals surface area contributed by atoms with Gasteiger partial charge in [-0.2, -0.15) is 13.2 Å². The van der Waals surface area contributed by atoms with E-state index < -0.39 is 17.5 Å². The third kappa shape index (κ3) is 2.25. The zero-order valence-corrected chi connectivity index (χ0v) is 8.58. The van der Waals surface area contributed by atoms with Gasteiger partial charge in [0.15, 0.2) is 5.41 Å². The van der Waals surface area contributed by atoms with Gasteiger partial charge in [-0.3, -0.25) is 4.79 Å². The Kier molecular flexibility index (Phi) is 3.59. The molecule has 1 aliphatic rings. The highest BCUT2D eigenvalue weighted by Gasteiger charge is 2.61. The maximum absolute atomic E-state index is 12.8. The van der Waals surface area contributed by atoms with Crippen molar-refractivity contribution < 1.29 is 18.0 Å². The molecule has 1 unspecified atom stereocenters. The molecule has 0 bridgehead atoms. The Morgan fingerprint density at radius 1 is 1.53 bits per heavy atom. The van der Waals surface area contributed by atoms with Crippen LogP contribution in [-0.2, 0) is 4.79 Å². The molecule has 1 fully saturated rings. The fraction of sp³-hybridized carbons (Fsp3) is 0.889. The van der Waals surface area contributed by atoms with Gasteiger partial charge in [0.1, 0.15) is 0 Å². The molecule has 0 spiro atoms. The molecular formula is C9H15F3N2O. The van der Waals surface area contributed by atoms with Crippen LogP contribution in [0.3, 0.4) is 0 Å². The van der Waals surface area contributed by atoms with E-state index in [2.05, 4.69) is 10.6 Å². The van der Waals surface area contributed by atoms with Crippen LogP contribution in [0, 0.1) is 5.41 Å². The second-order valence-electron chi connectivity index (χ2n) is 3.76. The summed E-state index contributed by atoms with van der Waals surface area (Å²) in [5.41, 5.74) is -2.22. The summed E-state index contributed by atoms with van der Waals surface area (Å²) >= 11 is 0. The van der Waals surface area contributed by atoms with Crippen molar-refractivity contribution in [3.8, 4) is 0 Å². The van der Waals surface area contributed by atoms with Gasteiger partial charge < -0.3 is 10.6 Å². The van der Waals surface area contributed by atoms with Gasteiger partial charge in [-0.1, -0.05) is 6.92 Å². The van der Waals surface area contributed by atoms with Gasteiger partial charge in [-0.05, 0) is 19.4 Å². The molecule has 88 valence electrons. The lowest BCUT2D eigenvalue weighted by Crippen LogP contribution is -2.52. The van der Waals surface area contributed by atoms with Gasteiger partial charge in [0, 0.05) is 13.1 Å². The summed E-state index contributed by atoms with van der Waals surface area (Å²) in [5.74, 6) is -0.901. The Balaban J connectivity index is 2.78. The van der Waals surface area contributed by atoms with Crippen LogP contribution in [0.25, 0.3) is 0 Å². The summed E-state index contributed by atoms with van der Waals surface area (Å²) in [7, 11) is 0. The number of carbonyl (C=O) groups excluding carboxylic acids is 1. The molecule has 1 amide bonds. The molecule has 1 rings (SSSR count). The molecule has 15 heavy (non-hydrogen) atoms. The van der Waals surface area contributed by atoms with Crippen LogP contribution in [0.2, 0.25) is 0 Å². The van der Waals surface area contributed by atoms with Crippen LogP contribution in [0.1, 0.15) is 19.8 Å². The Bertz CT molecular complexity index is 234. The third-order valence-corrected chi connectivity index (χ3v) is 2.67. The quantitative estimate of drug-likeness (QED) is 0.752. The molecule has 1 heterocycles. The predicted molar refractivity (Wildman–Crippen MR) is 49.3 cm³/mol. The minimum Gasteiger partial charge on any atom is -0.355 e. The third-order valence-electron chi connectivity index (χ3n) is 2.67. The standard InChI is InChI=1S/C9H15F3N2O/c1-2-4-14-7(15)8(9(10,11)12)3-5-13-6-8/h13H,2-6H2,1H3,(H,14,15). The zero-order chi connectivity index (χ0) is 11.5. The highest BCUT2D eigenvalue weighted by Crippen LogP contribution is 2.43. The number of carbonyl (C=O) groups is 1. The summed E-state index contributed by atoms with van der Waals surface area (Å²) in [4.78, 5) is 11.5. The van der Waals surface area contributed by atoms with Gasteiger partial charge in [-0.25, -0.2) is 0 Å². The van der Waals surface area contributed by atoms with E-state index in [-0.39, 0.29) is 26.1 Å². The Morgan fingerprint density at radius 3 is 2.60 bits per heavy atom. The Labute approximate surface area is 86.4 Å². The minimum atomic E-state index is -4.48. The van der Waals surface area contributed by atoms with Crippen molar-refractivity contribution in [3.63, 3.8) is 0 Å². The maximum atomic E-state index is 12.8. The minimum absolute atomic E-state index is 0.175. The van der Waals surface area contributed by atoms with Gasteiger partial charge in [0.2, 0.25) is 5.91 Å². The number of amides is 1. The van der Waals surface area contributed by atoms with Crippen LogP contribution in [0.15, 0.2) is 0 Å². The van der Waals surface area contributed by atoms with E-state index in [4.69, 9.17) is 0 Å². The summed E-state index contributed by atoms with van der Waals surface area (Å²) < 4.78 is 38.4. The molecular weight excluding hydrogens is 209 g/mol.